The van der Waals surface area contributed by atoms with Gasteiger partial charge in [-0.3, -0.25) is 34.1 Å². The van der Waals surface area contributed by atoms with Crippen LogP contribution in [0.15, 0.2) is 30.5 Å². The summed E-state index contributed by atoms with van der Waals surface area (Å²) < 4.78 is 62.5. The zero-order chi connectivity index (χ0) is 35.2. The quantitative estimate of drug-likeness (QED) is 0.220. The van der Waals surface area contributed by atoms with Crippen molar-refractivity contribution in [2.24, 2.45) is 0 Å². The largest absolute Gasteiger partial charge is 0.490 e. The number of carbonyl (C=O) groups excluding carboxylic acids is 4. The number of aromatic nitrogens is 6. The summed E-state index contributed by atoms with van der Waals surface area (Å²) in [6.07, 6.45) is -1.74. The molecule has 3 aromatic rings. The molecule has 3 fully saturated rings. The van der Waals surface area contributed by atoms with E-state index in [1.165, 1.54) is 10.7 Å². The first-order valence-corrected chi connectivity index (χ1v) is 15.2. The topological polar surface area (TPSA) is 194 Å². The van der Waals surface area contributed by atoms with Gasteiger partial charge in [-0.25, -0.2) is 18.3 Å². The van der Waals surface area contributed by atoms with Crippen molar-refractivity contribution in [3.8, 4) is 0 Å². The number of hydrogen-bond acceptors (Lipinski definition) is 10. The van der Waals surface area contributed by atoms with Gasteiger partial charge < -0.3 is 10.4 Å². The predicted molar refractivity (Wildman–Crippen MR) is 152 cm³/mol. The van der Waals surface area contributed by atoms with Crippen molar-refractivity contribution in [3.63, 3.8) is 0 Å². The third-order valence-corrected chi connectivity index (χ3v) is 8.59. The Bertz CT molecular complexity index is 1810. The van der Waals surface area contributed by atoms with E-state index in [0.717, 1.165) is 23.4 Å². The summed E-state index contributed by atoms with van der Waals surface area (Å²) in [7, 11) is 0. The molecule has 2 aliphatic carbocycles. The average molecular weight is 694 g/mol. The summed E-state index contributed by atoms with van der Waals surface area (Å²) in [4.78, 5) is 61.3. The third-order valence-electron chi connectivity index (χ3n) is 8.59. The van der Waals surface area contributed by atoms with E-state index in [4.69, 9.17) is 9.90 Å². The van der Waals surface area contributed by atoms with E-state index >= 15 is 0 Å². The number of nitrogens with one attached hydrogen (secondary N) is 2. The monoisotopic (exact) mass is 693 g/mol. The molecule has 2 aliphatic heterocycles. The highest BCUT2D eigenvalue weighted by Gasteiger charge is 2.49. The number of alkyl halides is 5. The van der Waals surface area contributed by atoms with Crippen molar-refractivity contribution in [1.29, 1.82) is 0 Å². The Morgan fingerprint density at radius 3 is 2.43 bits per heavy atom. The minimum Gasteiger partial charge on any atom is -0.475 e. The molecule has 2 saturated carbocycles. The lowest BCUT2D eigenvalue weighted by Crippen LogP contribution is -2.54. The van der Waals surface area contributed by atoms with E-state index < -0.39 is 72.7 Å². The number of amides is 4. The highest BCUT2D eigenvalue weighted by atomic mass is 19.4. The maximum absolute atomic E-state index is 13.8. The number of fused-ring (bicyclic) bond motifs is 1. The number of tetrazole rings is 1. The van der Waals surface area contributed by atoms with Crippen LogP contribution in [0.25, 0.3) is 0 Å². The van der Waals surface area contributed by atoms with Crippen LogP contribution in [0.4, 0.5) is 22.0 Å². The van der Waals surface area contributed by atoms with Crippen LogP contribution in [0, 0.1) is 0 Å². The summed E-state index contributed by atoms with van der Waals surface area (Å²) in [6, 6.07) is 4.16. The summed E-state index contributed by atoms with van der Waals surface area (Å²) >= 11 is 0. The second kappa shape index (κ2) is 12.7. The predicted octanol–water partition coefficient (Wildman–Crippen LogP) is 2.13. The molecule has 0 bridgehead atoms. The first kappa shape index (κ1) is 33.7. The number of carbonyl (C=O) groups is 5. The Morgan fingerprint density at radius 1 is 1.08 bits per heavy atom. The van der Waals surface area contributed by atoms with Gasteiger partial charge in [0.1, 0.15) is 6.04 Å². The molecule has 4 aliphatic rings. The van der Waals surface area contributed by atoms with E-state index in [1.807, 2.05) is 16.9 Å². The molecular weight excluding hydrogens is 665 g/mol. The molecule has 2 aromatic heterocycles. The van der Waals surface area contributed by atoms with Crippen molar-refractivity contribution in [3.05, 3.63) is 58.7 Å². The van der Waals surface area contributed by atoms with Gasteiger partial charge in [0.25, 0.3) is 17.7 Å². The zero-order valence-corrected chi connectivity index (χ0v) is 25.4. The molecule has 49 heavy (non-hydrogen) atoms. The first-order chi connectivity index (χ1) is 23.1. The van der Waals surface area contributed by atoms with Gasteiger partial charge in [-0.15, -0.1) is 5.10 Å². The van der Waals surface area contributed by atoms with Crippen LogP contribution in [0.2, 0.25) is 0 Å². The first-order valence-electron chi connectivity index (χ1n) is 15.2. The molecule has 260 valence electrons. The van der Waals surface area contributed by atoms with Crippen molar-refractivity contribution in [2.45, 2.75) is 81.2 Å². The van der Waals surface area contributed by atoms with Crippen LogP contribution in [0.1, 0.15) is 94.3 Å². The van der Waals surface area contributed by atoms with E-state index in [-0.39, 0.29) is 29.8 Å². The number of aliphatic carboxylic acids is 1. The smallest absolute Gasteiger partial charge is 0.475 e. The maximum Gasteiger partial charge on any atom is 0.490 e. The van der Waals surface area contributed by atoms with Gasteiger partial charge in [0.05, 0.1) is 35.4 Å². The number of halogens is 5. The van der Waals surface area contributed by atoms with Crippen LogP contribution < -0.4 is 10.6 Å². The molecule has 1 aromatic carbocycles. The fraction of sp³-hybridized carbons (Fsp3) is 0.483. The average Bonchev–Trinajstić information content (AvgIpc) is 3.46. The van der Waals surface area contributed by atoms with Crippen molar-refractivity contribution in [2.75, 3.05) is 6.54 Å². The Morgan fingerprint density at radius 2 is 1.80 bits per heavy atom. The maximum atomic E-state index is 13.8. The number of rotatable bonds is 9. The number of imide groups is 2. The van der Waals surface area contributed by atoms with Gasteiger partial charge in [0, 0.05) is 37.9 Å². The SMILES string of the molecule is O=C(O)C(F)(F)F.O=C1CCC(N2C(=O)c3cccc(C(NCCn4ccc(C5CC5)n4)c4nnnn4C4CC(F)(F)C4)c3C2=O)C(=O)N1. The van der Waals surface area contributed by atoms with E-state index in [9.17, 15) is 41.1 Å². The van der Waals surface area contributed by atoms with Crippen LogP contribution in [-0.2, 0) is 20.9 Å². The second-order valence-electron chi connectivity index (χ2n) is 12.1. The van der Waals surface area contributed by atoms with Crippen molar-refractivity contribution >= 4 is 29.6 Å². The lowest BCUT2D eigenvalue weighted by molar-refractivity contribution is -0.192. The van der Waals surface area contributed by atoms with Gasteiger partial charge in [0.2, 0.25) is 11.8 Å². The number of nitrogens with zero attached hydrogens (tertiary/aromatic N) is 7. The third kappa shape index (κ3) is 6.90. The molecule has 4 heterocycles. The van der Waals surface area contributed by atoms with Crippen LogP contribution in [0.5, 0.6) is 0 Å². The van der Waals surface area contributed by atoms with Crippen LogP contribution in [-0.4, -0.2) is 94.3 Å². The lowest BCUT2D eigenvalue weighted by Gasteiger charge is -2.35. The number of carboxylic acids is 1. The van der Waals surface area contributed by atoms with Crippen molar-refractivity contribution in [1.82, 2.24) is 45.5 Å². The van der Waals surface area contributed by atoms with E-state index in [0.29, 0.717) is 24.6 Å². The Balaban J connectivity index is 0.000000540. The van der Waals surface area contributed by atoms with Crippen molar-refractivity contribution < 1.29 is 51.0 Å². The van der Waals surface area contributed by atoms with Gasteiger partial charge >= 0.3 is 12.1 Å². The second-order valence-corrected chi connectivity index (χ2v) is 12.1. The summed E-state index contributed by atoms with van der Waals surface area (Å²) in [5, 5.41) is 29.2. The molecule has 4 amide bonds. The minimum absolute atomic E-state index is 0.00245. The highest BCUT2D eigenvalue weighted by Crippen LogP contribution is 2.46. The van der Waals surface area contributed by atoms with Gasteiger partial charge in [-0.2, -0.15) is 18.3 Å². The molecular formula is C29H28F5N9O6. The Kier molecular flexibility index (Phi) is 8.76. The molecule has 0 radical (unpaired) electrons. The molecule has 20 heteroatoms. The molecule has 15 nitrogen and oxygen atoms in total. The van der Waals surface area contributed by atoms with Gasteiger partial charge in [-0.05, 0) is 47.4 Å². The van der Waals surface area contributed by atoms with Gasteiger partial charge in [-0.1, -0.05) is 12.1 Å². The Hall–Kier alpha value is -5.14. The van der Waals surface area contributed by atoms with Crippen LogP contribution >= 0.6 is 0 Å². The highest BCUT2D eigenvalue weighted by molar-refractivity contribution is 6.24. The molecule has 3 N–H and O–H groups in total. The summed E-state index contributed by atoms with van der Waals surface area (Å²) in [5.74, 6) is -7.34. The molecule has 1 saturated heterocycles. The summed E-state index contributed by atoms with van der Waals surface area (Å²) in [6.45, 7) is 0.823. The molecule has 2 unspecified atom stereocenters. The molecule has 0 spiro atoms. The van der Waals surface area contributed by atoms with Crippen LogP contribution in [0.3, 0.4) is 0 Å². The van der Waals surface area contributed by atoms with Gasteiger partial charge in [0.15, 0.2) is 5.82 Å². The lowest BCUT2D eigenvalue weighted by atomic mass is 9.88. The number of hydrogen-bond donors (Lipinski definition) is 3. The molecule has 7 rings (SSSR count). The van der Waals surface area contributed by atoms with E-state index in [1.54, 1.807) is 12.1 Å². The standard InChI is InChI=1S/C27H27F2N9O4.C2HF3O2/c28-27(29)12-15(13-27)38-23(32-34-35-38)22(30-9-11-36-10-8-18(33-36)14-4-5-14)16-2-1-3-17-21(16)26(42)37(25(17)41)19-6-7-20(39)31-24(19)40;3-2(4,5)1(6)7/h1-3,8,10,14-15,19,22,30H,4-7,9,11-13H2,(H,31,39,40);(H,6,7). The minimum atomic E-state index is -5.08. The summed E-state index contributed by atoms with van der Waals surface area (Å²) in [5.41, 5.74) is 1.60. The fourth-order valence-corrected chi connectivity index (χ4v) is 6.00. The number of piperidine rings is 1. The Labute approximate surface area is 272 Å². The normalized spacial score (nSPS) is 21.1. The number of benzene rings is 1. The molecule has 2 atom stereocenters. The van der Waals surface area contributed by atoms with E-state index in [2.05, 4.69) is 31.3 Å². The fourth-order valence-electron chi connectivity index (χ4n) is 6.00. The zero-order valence-electron chi connectivity index (χ0n) is 25.4. The number of carboxylic acid groups (broad SMARTS) is 1.